The molecule has 0 aliphatic carbocycles. The Balaban J connectivity index is 2.64. The second-order valence-electron chi connectivity index (χ2n) is 3.68. The van der Waals surface area contributed by atoms with Crippen LogP contribution >= 0.6 is 0 Å². The minimum atomic E-state index is -0.312. The zero-order valence-electron chi connectivity index (χ0n) is 9.77. The van der Waals surface area contributed by atoms with Crippen LogP contribution in [0, 0.1) is 0 Å². The van der Waals surface area contributed by atoms with E-state index in [1.165, 1.54) is 0 Å². The van der Waals surface area contributed by atoms with Crippen LogP contribution in [0.15, 0.2) is 24.3 Å². The molecule has 0 aromatic heterocycles. The summed E-state index contributed by atoms with van der Waals surface area (Å²) in [6, 6.07) is 7.17. The van der Waals surface area contributed by atoms with Crippen LogP contribution in [0.1, 0.15) is 36.2 Å². The number of aliphatic hydroxyl groups is 1. The second-order valence-corrected chi connectivity index (χ2v) is 3.68. The summed E-state index contributed by atoms with van der Waals surface area (Å²) in [5.74, 6) is -0.301. The molecule has 0 heterocycles. The third-order valence-corrected chi connectivity index (χ3v) is 2.41. The van der Waals surface area contributed by atoms with Crippen molar-refractivity contribution in [2.75, 3.05) is 6.61 Å². The van der Waals surface area contributed by atoms with E-state index in [1.807, 2.05) is 19.1 Å². The fourth-order valence-electron chi connectivity index (χ4n) is 1.41. The molecular weight excluding hydrogens is 204 g/mol. The lowest BCUT2D eigenvalue weighted by molar-refractivity contribution is 0.0526. The minimum absolute atomic E-state index is 0.301. The van der Waals surface area contributed by atoms with Crippen LogP contribution in [0.3, 0.4) is 0 Å². The summed E-state index contributed by atoms with van der Waals surface area (Å²) in [4.78, 5) is 11.4. The number of hydrogen-bond donors (Lipinski definition) is 1. The van der Waals surface area contributed by atoms with E-state index in [0.29, 0.717) is 18.6 Å². The fraction of sp³-hybridized carbons (Fsp3) is 0.462. The first-order valence-corrected chi connectivity index (χ1v) is 5.61. The molecule has 88 valence electrons. The first-order chi connectivity index (χ1) is 7.67. The standard InChI is InChI=1S/C13H18O3/c1-3-12(14)9-10-5-7-11(8-6-10)13(15)16-4-2/h5-8,12,14H,3-4,9H2,1-2H3. The van der Waals surface area contributed by atoms with E-state index in [2.05, 4.69) is 0 Å². The average Bonchev–Trinajstić information content (AvgIpc) is 2.30. The smallest absolute Gasteiger partial charge is 0.338 e. The maximum absolute atomic E-state index is 11.4. The third kappa shape index (κ3) is 3.66. The molecule has 1 rings (SSSR count). The number of benzene rings is 1. The predicted octanol–water partition coefficient (Wildman–Crippen LogP) is 2.18. The number of aliphatic hydroxyl groups excluding tert-OH is 1. The number of esters is 1. The van der Waals surface area contributed by atoms with Crippen molar-refractivity contribution in [3.8, 4) is 0 Å². The van der Waals surface area contributed by atoms with Gasteiger partial charge in [-0.05, 0) is 37.5 Å². The summed E-state index contributed by atoms with van der Waals surface area (Å²) in [7, 11) is 0. The Morgan fingerprint density at radius 1 is 1.31 bits per heavy atom. The minimum Gasteiger partial charge on any atom is -0.462 e. The monoisotopic (exact) mass is 222 g/mol. The molecule has 0 bridgehead atoms. The van der Waals surface area contributed by atoms with Crippen LogP contribution in [0.25, 0.3) is 0 Å². The van der Waals surface area contributed by atoms with E-state index < -0.39 is 0 Å². The Hall–Kier alpha value is -1.35. The molecule has 1 atom stereocenters. The van der Waals surface area contributed by atoms with Gasteiger partial charge in [0.15, 0.2) is 0 Å². The summed E-state index contributed by atoms with van der Waals surface area (Å²) in [5.41, 5.74) is 1.58. The molecule has 0 aliphatic heterocycles. The molecule has 1 aromatic rings. The summed E-state index contributed by atoms with van der Waals surface area (Å²) in [6.45, 7) is 4.11. The van der Waals surface area contributed by atoms with Crippen molar-refractivity contribution in [3.05, 3.63) is 35.4 Å². The Labute approximate surface area is 96.1 Å². The van der Waals surface area contributed by atoms with Crippen LogP contribution in [-0.4, -0.2) is 23.8 Å². The molecule has 3 nitrogen and oxygen atoms in total. The summed E-state index contributed by atoms with van der Waals surface area (Å²) < 4.78 is 4.88. The number of hydrogen-bond acceptors (Lipinski definition) is 3. The molecule has 0 spiro atoms. The molecule has 1 N–H and O–H groups in total. The maximum atomic E-state index is 11.4. The Bertz CT molecular complexity index is 330. The van der Waals surface area contributed by atoms with Gasteiger partial charge in [-0.1, -0.05) is 19.1 Å². The van der Waals surface area contributed by atoms with Gasteiger partial charge in [-0.25, -0.2) is 4.79 Å². The van der Waals surface area contributed by atoms with Gasteiger partial charge in [0.05, 0.1) is 18.3 Å². The van der Waals surface area contributed by atoms with Crippen LogP contribution in [0.4, 0.5) is 0 Å². The largest absolute Gasteiger partial charge is 0.462 e. The predicted molar refractivity (Wildman–Crippen MR) is 62.4 cm³/mol. The highest BCUT2D eigenvalue weighted by atomic mass is 16.5. The lowest BCUT2D eigenvalue weighted by atomic mass is 10.0. The molecule has 0 saturated heterocycles. The van der Waals surface area contributed by atoms with Crippen molar-refractivity contribution in [2.45, 2.75) is 32.8 Å². The van der Waals surface area contributed by atoms with Crippen molar-refractivity contribution in [3.63, 3.8) is 0 Å². The van der Waals surface area contributed by atoms with E-state index in [9.17, 15) is 9.90 Å². The number of carbonyl (C=O) groups excluding carboxylic acids is 1. The average molecular weight is 222 g/mol. The Morgan fingerprint density at radius 3 is 2.44 bits per heavy atom. The van der Waals surface area contributed by atoms with Crippen molar-refractivity contribution < 1.29 is 14.6 Å². The topological polar surface area (TPSA) is 46.5 Å². The molecule has 16 heavy (non-hydrogen) atoms. The molecule has 1 aromatic carbocycles. The first kappa shape index (κ1) is 12.7. The quantitative estimate of drug-likeness (QED) is 0.777. The summed E-state index contributed by atoms with van der Waals surface area (Å²) in [6.07, 6.45) is 1.05. The van der Waals surface area contributed by atoms with Crippen LogP contribution in [-0.2, 0) is 11.2 Å². The highest BCUT2D eigenvalue weighted by molar-refractivity contribution is 5.89. The van der Waals surface area contributed by atoms with Gasteiger partial charge in [0.2, 0.25) is 0 Å². The van der Waals surface area contributed by atoms with Crippen molar-refractivity contribution in [1.29, 1.82) is 0 Å². The maximum Gasteiger partial charge on any atom is 0.338 e. The van der Waals surface area contributed by atoms with Crippen molar-refractivity contribution in [1.82, 2.24) is 0 Å². The number of ether oxygens (including phenoxy) is 1. The van der Waals surface area contributed by atoms with E-state index in [4.69, 9.17) is 4.74 Å². The van der Waals surface area contributed by atoms with Crippen LogP contribution < -0.4 is 0 Å². The highest BCUT2D eigenvalue weighted by Gasteiger charge is 2.07. The first-order valence-electron chi connectivity index (χ1n) is 5.61. The lowest BCUT2D eigenvalue weighted by Gasteiger charge is -2.08. The summed E-state index contributed by atoms with van der Waals surface area (Å²) in [5, 5.41) is 9.48. The molecule has 1 unspecified atom stereocenters. The van der Waals surface area contributed by atoms with Gasteiger partial charge >= 0.3 is 5.97 Å². The van der Waals surface area contributed by atoms with Gasteiger partial charge in [0, 0.05) is 0 Å². The molecule has 0 radical (unpaired) electrons. The summed E-state index contributed by atoms with van der Waals surface area (Å²) >= 11 is 0. The number of rotatable bonds is 5. The van der Waals surface area contributed by atoms with E-state index in [-0.39, 0.29) is 12.1 Å². The van der Waals surface area contributed by atoms with Gasteiger partial charge < -0.3 is 9.84 Å². The van der Waals surface area contributed by atoms with Crippen molar-refractivity contribution >= 4 is 5.97 Å². The molecule has 0 aliphatic rings. The van der Waals surface area contributed by atoms with Gasteiger partial charge in [-0.3, -0.25) is 0 Å². The van der Waals surface area contributed by atoms with Gasteiger partial charge in [-0.15, -0.1) is 0 Å². The normalized spacial score (nSPS) is 12.2. The van der Waals surface area contributed by atoms with Crippen LogP contribution in [0.5, 0.6) is 0 Å². The molecule has 0 saturated carbocycles. The zero-order valence-corrected chi connectivity index (χ0v) is 9.77. The highest BCUT2D eigenvalue weighted by Crippen LogP contribution is 2.09. The molecule has 0 amide bonds. The SMILES string of the molecule is CCOC(=O)c1ccc(CC(O)CC)cc1. The van der Waals surface area contributed by atoms with E-state index >= 15 is 0 Å². The van der Waals surface area contributed by atoms with Crippen LogP contribution in [0.2, 0.25) is 0 Å². The van der Waals surface area contributed by atoms with E-state index in [1.54, 1.807) is 19.1 Å². The Morgan fingerprint density at radius 2 is 1.94 bits per heavy atom. The molecule has 3 heteroatoms. The zero-order chi connectivity index (χ0) is 12.0. The second kappa shape index (κ2) is 6.28. The van der Waals surface area contributed by atoms with Crippen molar-refractivity contribution in [2.24, 2.45) is 0 Å². The molecule has 0 fully saturated rings. The number of carbonyl (C=O) groups is 1. The fourth-order valence-corrected chi connectivity index (χ4v) is 1.41. The third-order valence-electron chi connectivity index (χ3n) is 2.41. The van der Waals surface area contributed by atoms with Gasteiger partial charge in [0.1, 0.15) is 0 Å². The van der Waals surface area contributed by atoms with Gasteiger partial charge in [0.25, 0.3) is 0 Å². The van der Waals surface area contributed by atoms with E-state index in [0.717, 1.165) is 12.0 Å². The lowest BCUT2D eigenvalue weighted by Crippen LogP contribution is -2.09. The Kier molecular flexibility index (Phi) is 4.99. The molecular formula is C13H18O3. The van der Waals surface area contributed by atoms with Gasteiger partial charge in [-0.2, -0.15) is 0 Å².